The number of rotatable bonds is 2. The molecule has 2 rings (SSSR count). The van der Waals surface area contributed by atoms with E-state index in [0.29, 0.717) is 16.1 Å². The number of thiophene rings is 1. The van der Waals surface area contributed by atoms with Crippen molar-refractivity contribution in [3.8, 4) is 0 Å². The summed E-state index contributed by atoms with van der Waals surface area (Å²) in [5, 5.41) is 0.673. The van der Waals surface area contributed by atoms with Crippen LogP contribution in [-0.4, -0.2) is 5.78 Å². The lowest BCUT2D eigenvalue weighted by Gasteiger charge is -2.02. The normalized spacial score (nSPS) is 10.6. The minimum Gasteiger partial charge on any atom is -0.289 e. The van der Waals surface area contributed by atoms with Crippen molar-refractivity contribution in [1.82, 2.24) is 0 Å². The van der Waals surface area contributed by atoms with Crippen molar-refractivity contribution in [2.45, 2.75) is 6.92 Å². The number of aryl methyl sites for hydroxylation is 1. The summed E-state index contributed by atoms with van der Waals surface area (Å²) in [5.41, 5.74) is 2.23. The fourth-order valence-electron chi connectivity index (χ4n) is 1.44. The summed E-state index contributed by atoms with van der Waals surface area (Å²) in [6, 6.07) is 7.12. The van der Waals surface area contributed by atoms with Crippen LogP contribution >= 0.6 is 54.8 Å². The maximum absolute atomic E-state index is 12.3. The Balaban J connectivity index is 2.44. The fourth-order valence-corrected chi connectivity index (χ4v) is 4.35. The molecular weight excluding hydrogens is 387 g/mol. The van der Waals surface area contributed by atoms with E-state index in [1.165, 1.54) is 11.3 Å². The molecule has 0 aliphatic heterocycles. The lowest BCUT2D eigenvalue weighted by atomic mass is 10.0. The molecule has 0 aliphatic rings. The summed E-state index contributed by atoms with van der Waals surface area (Å²) in [4.78, 5) is 12.3. The van der Waals surface area contributed by atoms with Gasteiger partial charge >= 0.3 is 0 Å². The van der Waals surface area contributed by atoms with Gasteiger partial charge in [0.1, 0.15) is 0 Å². The predicted molar refractivity (Wildman–Crippen MR) is 79.3 cm³/mol. The van der Waals surface area contributed by atoms with E-state index in [4.69, 9.17) is 11.6 Å². The molecule has 0 saturated carbocycles. The third kappa shape index (κ3) is 2.81. The molecule has 5 heteroatoms. The zero-order chi connectivity index (χ0) is 12.6. The molecule has 0 saturated heterocycles. The molecule has 0 amide bonds. The van der Waals surface area contributed by atoms with Crippen LogP contribution in [-0.2, 0) is 0 Å². The van der Waals surface area contributed by atoms with E-state index < -0.39 is 0 Å². The van der Waals surface area contributed by atoms with Crippen LogP contribution in [0.15, 0.2) is 31.8 Å². The first-order chi connectivity index (χ1) is 7.99. The van der Waals surface area contributed by atoms with Crippen molar-refractivity contribution >= 4 is 60.6 Å². The van der Waals surface area contributed by atoms with Crippen molar-refractivity contribution in [2.24, 2.45) is 0 Å². The van der Waals surface area contributed by atoms with Crippen molar-refractivity contribution in [3.05, 3.63) is 53.6 Å². The van der Waals surface area contributed by atoms with Crippen LogP contribution in [0.25, 0.3) is 0 Å². The first kappa shape index (κ1) is 13.3. The van der Waals surface area contributed by atoms with Crippen molar-refractivity contribution < 1.29 is 4.79 Å². The topological polar surface area (TPSA) is 17.1 Å². The Bertz CT molecular complexity index is 592. The first-order valence-electron chi connectivity index (χ1n) is 4.74. The fraction of sp³-hybridized carbons (Fsp3) is 0.0833. The van der Waals surface area contributed by atoms with E-state index in [-0.39, 0.29) is 5.78 Å². The molecule has 0 aliphatic carbocycles. The average molecular weight is 395 g/mol. The second-order valence-electron chi connectivity index (χ2n) is 3.53. The summed E-state index contributed by atoms with van der Waals surface area (Å²) in [6.07, 6.45) is 0. The van der Waals surface area contributed by atoms with Crippen LogP contribution in [0.4, 0.5) is 0 Å². The molecule has 1 aromatic heterocycles. The van der Waals surface area contributed by atoms with E-state index in [2.05, 4.69) is 31.9 Å². The summed E-state index contributed by atoms with van der Waals surface area (Å²) in [6.45, 7) is 1.89. The summed E-state index contributed by atoms with van der Waals surface area (Å²) in [5.74, 6) is -0.00130. The zero-order valence-corrected chi connectivity index (χ0v) is 13.5. The van der Waals surface area contributed by atoms with Crippen molar-refractivity contribution in [3.63, 3.8) is 0 Å². The third-order valence-electron chi connectivity index (χ3n) is 2.32. The third-order valence-corrected chi connectivity index (χ3v) is 5.08. The summed E-state index contributed by atoms with van der Waals surface area (Å²) in [7, 11) is 0. The van der Waals surface area contributed by atoms with Gasteiger partial charge in [0.2, 0.25) is 0 Å². The lowest BCUT2D eigenvalue weighted by Crippen LogP contribution is -2.00. The molecule has 0 atom stereocenters. The number of hydrogen-bond donors (Lipinski definition) is 0. The molecule has 2 aromatic rings. The highest BCUT2D eigenvalue weighted by Gasteiger charge is 2.16. The van der Waals surface area contributed by atoms with Crippen LogP contribution in [0.1, 0.15) is 21.5 Å². The quantitative estimate of drug-likeness (QED) is 0.618. The molecule has 1 nitrogen and oxygen atoms in total. The smallest absolute Gasteiger partial charge is 0.195 e. The first-order valence-corrected chi connectivity index (χ1v) is 7.53. The highest BCUT2D eigenvalue weighted by Crippen LogP contribution is 2.33. The number of hydrogen-bond acceptors (Lipinski definition) is 2. The van der Waals surface area contributed by atoms with Crippen molar-refractivity contribution in [1.29, 1.82) is 0 Å². The molecule has 0 bridgehead atoms. The largest absolute Gasteiger partial charge is 0.289 e. The number of halogens is 3. The highest BCUT2D eigenvalue weighted by molar-refractivity contribution is 9.12. The molecule has 1 heterocycles. The Morgan fingerprint density at radius 3 is 2.53 bits per heavy atom. The lowest BCUT2D eigenvalue weighted by molar-refractivity contribution is 0.103. The molecule has 17 heavy (non-hydrogen) atoms. The van der Waals surface area contributed by atoms with Crippen molar-refractivity contribution in [2.75, 3.05) is 0 Å². The second kappa shape index (κ2) is 5.22. The van der Waals surface area contributed by atoms with E-state index >= 15 is 0 Å². The Kier molecular flexibility index (Phi) is 4.08. The van der Waals surface area contributed by atoms with Crippen LogP contribution in [0.2, 0.25) is 5.02 Å². The van der Waals surface area contributed by atoms with Gasteiger partial charge in [0.15, 0.2) is 5.78 Å². The molecule has 0 N–H and O–H groups in total. The van der Waals surface area contributed by atoms with Crippen LogP contribution in [0.5, 0.6) is 0 Å². The molecule has 0 unspecified atom stereocenters. The molecule has 88 valence electrons. The van der Waals surface area contributed by atoms with E-state index in [1.54, 1.807) is 12.1 Å². The Morgan fingerprint density at radius 2 is 2.00 bits per heavy atom. The minimum absolute atomic E-state index is 0.00130. The molecular formula is C12H7Br2ClOS. The van der Waals surface area contributed by atoms with Crippen LogP contribution in [0.3, 0.4) is 0 Å². The Morgan fingerprint density at radius 1 is 1.29 bits per heavy atom. The molecule has 0 fully saturated rings. The van der Waals surface area contributed by atoms with Gasteiger partial charge in [-0.05, 0) is 68.6 Å². The number of benzene rings is 1. The van der Waals surface area contributed by atoms with E-state index in [1.807, 2.05) is 19.1 Å². The van der Waals surface area contributed by atoms with Gasteiger partial charge in [0.25, 0.3) is 0 Å². The van der Waals surface area contributed by atoms with Gasteiger partial charge in [-0.3, -0.25) is 4.79 Å². The Hall–Kier alpha value is -0.160. The predicted octanol–water partition coefficient (Wildman–Crippen LogP) is 5.47. The van der Waals surface area contributed by atoms with Crippen LogP contribution < -0.4 is 0 Å². The van der Waals surface area contributed by atoms with E-state index in [0.717, 1.165) is 13.1 Å². The molecule has 0 radical (unpaired) electrons. The van der Waals surface area contributed by atoms with Gasteiger partial charge in [0, 0.05) is 16.1 Å². The SMILES string of the molecule is Cc1cc(C(=O)c2cc(Br)sc2Br)ccc1Cl. The van der Waals surface area contributed by atoms with Gasteiger partial charge in [-0.1, -0.05) is 11.6 Å². The number of carbonyl (C=O) groups excluding carboxylic acids is 1. The Labute approximate surface area is 125 Å². The van der Waals surface area contributed by atoms with Gasteiger partial charge in [-0.25, -0.2) is 0 Å². The summed E-state index contributed by atoms with van der Waals surface area (Å²) >= 11 is 14.2. The zero-order valence-electron chi connectivity index (χ0n) is 8.76. The molecule has 0 spiro atoms. The van der Waals surface area contributed by atoms with Gasteiger partial charge in [-0.2, -0.15) is 0 Å². The minimum atomic E-state index is -0.00130. The standard InChI is InChI=1S/C12H7Br2ClOS/c1-6-4-7(2-3-9(6)15)11(16)8-5-10(13)17-12(8)14/h2-5H,1H3. The van der Waals surface area contributed by atoms with Gasteiger partial charge in [-0.15, -0.1) is 11.3 Å². The second-order valence-corrected chi connectivity index (χ2v) is 7.69. The van der Waals surface area contributed by atoms with Gasteiger partial charge < -0.3 is 0 Å². The van der Waals surface area contributed by atoms with Crippen LogP contribution in [0, 0.1) is 6.92 Å². The monoisotopic (exact) mass is 392 g/mol. The van der Waals surface area contributed by atoms with E-state index in [9.17, 15) is 4.79 Å². The average Bonchev–Trinajstić information content (AvgIpc) is 2.61. The maximum Gasteiger partial charge on any atom is 0.195 e. The number of carbonyl (C=O) groups is 1. The maximum atomic E-state index is 12.3. The molecule has 1 aromatic carbocycles. The van der Waals surface area contributed by atoms with Gasteiger partial charge in [0.05, 0.1) is 7.57 Å². The highest BCUT2D eigenvalue weighted by atomic mass is 79.9. The number of ketones is 1. The summed E-state index contributed by atoms with van der Waals surface area (Å²) < 4.78 is 1.76.